The van der Waals surface area contributed by atoms with Crippen LogP contribution in [0.3, 0.4) is 0 Å². The molecule has 2 aromatic rings. The number of nitrogens with zero attached hydrogens (tertiary/aromatic N) is 2. The van der Waals surface area contributed by atoms with Gasteiger partial charge in [0.25, 0.3) is 11.1 Å². The van der Waals surface area contributed by atoms with Gasteiger partial charge in [0.15, 0.2) is 0 Å². The average molecular weight is 684 g/mol. The minimum Gasteiger partial charge on any atom is -0.394 e. The fourth-order valence-corrected chi connectivity index (χ4v) is 4.01. The van der Waals surface area contributed by atoms with E-state index in [-0.39, 0.29) is 74.9 Å². The molecule has 0 amide bonds. The van der Waals surface area contributed by atoms with Gasteiger partial charge >= 0.3 is 11.4 Å². The van der Waals surface area contributed by atoms with Gasteiger partial charge in [-0.25, -0.2) is 9.59 Å². The normalized spacial score (nSPS) is 24.8. The summed E-state index contributed by atoms with van der Waals surface area (Å²) in [4.78, 5) is 50.5. The molecule has 41 heavy (non-hydrogen) atoms. The molecular formula is C24H41N4O12Pd-. The van der Waals surface area contributed by atoms with E-state index < -0.39 is 66.0 Å². The van der Waals surface area contributed by atoms with E-state index in [2.05, 4.69) is 9.97 Å². The number of hydrogen-bond donors (Lipinski definition) is 7. The summed E-state index contributed by atoms with van der Waals surface area (Å²) in [5, 5.41) is 46.2. The molecule has 0 aromatic carbocycles. The zero-order valence-corrected chi connectivity index (χ0v) is 23.4. The third kappa shape index (κ3) is 9.35. The molecule has 0 spiro atoms. The zero-order valence-electron chi connectivity index (χ0n) is 21.9. The summed E-state index contributed by atoms with van der Waals surface area (Å²) in [7, 11) is 0. The summed E-state index contributed by atoms with van der Waals surface area (Å²) >= 11 is 0. The maximum atomic E-state index is 11.8. The van der Waals surface area contributed by atoms with Crippen molar-refractivity contribution in [2.75, 3.05) is 19.8 Å². The van der Waals surface area contributed by atoms with Crippen LogP contribution in [0.4, 0.5) is 0 Å². The molecule has 0 saturated carbocycles. The van der Waals surface area contributed by atoms with E-state index in [0.29, 0.717) is 12.2 Å². The van der Waals surface area contributed by atoms with E-state index in [1.165, 1.54) is 17.0 Å². The van der Waals surface area contributed by atoms with Crippen LogP contribution < -0.4 is 22.5 Å². The van der Waals surface area contributed by atoms with Crippen LogP contribution >= 0.6 is 0 Å². The largest absolute Gasteiger partial charge is 0.394 e. The van der Waals surface area contributed by atoms with Gasteiger partial charge in [0.1, 0.15) is 24.7 Å². The van der Waals surface area contributed by atoms with Gasteiger partial charge in [-0.3, -0.25) is 28.7 Å². The Balaban J connectivity index is 0. The van der Waals surface area contributed by atoms with Crippen molar-refractivity contribution in [2.45, 2.75) is 77.3 Å². The van der Waals surface area contributed by atoms with Crippen LogP contribution in [0.1, 0.15) is 52.2 Å². The number of nitrogens with one attached hydrogen (secondary N) is 2. The molecule has 240 valence electrons. The third-order valence-corrected chi connectivity index (χ3v) is 6.10. The molecule has 7 N–H and O–H groups in total. The minimum absolute atomic E-state index is 0. The second-order valence-electron chi connectivity index (χ2n) is 8.67. The van der Waals surface area contributed by atoms with E-state index in [1.54, 1.807) is 6.92 Å². The molecule has 0 radical (unpaired) electrons. The second kappa shape index (κ2) is 17.6. The van der Waals surface area contributed by atoms with E-state index in [0.717, 1.165) is 4.57 Å². The SMILES string of the molecule is C.CCOCc1cn(C2C[C@@H](O)[C@H](CO)O2)c(=O)[nH]c1=O.O=c1[nH]c(=O)n(C2C[C@@H](O)[C@H](CO)O2)cc1CO.[CH3-].[HH].[Pd]. The van der Waals surface area contributed by atoms with Crippen molar-refractivity contribution in [1.29, 1.82) is 0 Å². The van der Waals surface area contributed by atoms with Gasteiger partial charge in [-0.1, -0.05) is 7.43 Å². The number of hydrogen-bond acceptors (Lipinski definition) is 12. The molecular weight excluding hydrogens is 643 g/mol. The van der Waals surface area contributed by atoms with E-state index >= 15 is 0 Å². The summed E-state index contributed by atoms with van der Waals surface area (Å²) in [5.74, 6) is 0. The fraction of sp³-hybridized carbons (Fsp3) is 0.625. The summed E-state index contributed by atoms with van der Waals surface area (Å²) in [6, 6.07) is 0. The van der Waals surface area contributed by atoms with Gasteiger partial charge in [-0.15, -0.1) is 0 Å². The van der Waals surface area contributed by atoms with Gasteiger partial charge in [0.2, 0.25) is 0 Å². The van der Waals surface area contributed by atoms with E-state index in [4.69, 9.17) is 29.5 Å². The number of rotatable bonds is 8. The van der Waals surface area contributed by atoms with Crippen LogP contribution in [0, 0.1) is 7.43 Å². The smallest absolute Gasteiger partial charge is 0.330 e. The van der Waals surface area contributed by atoms with Gasteiger partial charge < -0.3 is 47.2 Å². The Bertz CT molecular complexity index is 1320. The molecule has 4 rings (SSSR count). The van der Waals surface area contributed by atoms with Crippen molar-refractivity contribution < 1.29 is 61.6 Å². The molecule has 2 aromatic heterocycles. The Morgan fingerprint density at radius 1 is 0.878 bits per heavy atom. The zero-order chi connectivity index (χ0) is 28.0. The fourth-order valence-electron chi connectivity index (χ4n) is 4.01. The molecule has 17 heteroatoms. The second-order valence-corrected chi connectivity index (χ2v) is 8.67. The molecule has 16 nitrogen and oxygen atoms in total. The van der Waals surface area contributed by atoms with Gasteiger partial charge in [0, 0.05) is 53.7 Å². The van der Waals surface area contributed by atoms with Gasteiger partial charge in [-0.2, -0.15) is 0 Å². The number of aliphatic hydroxyl groups excluding tert-OH is 5. The van der Waals surface area contributed by atoms with Crippen molar-refractivity contribution in [2.24, 2.45) is 0 Å². The first-order valence-corrected chi connectivity index (χ1v) is 11.9. The van der Waals surface area contributed by atoms with Gasteiger partial charge in [0.05, 0.1) is 49.8 Å². The first-order valence-electron chi connectivity index (χ1n) is 11.9. The molecule has 2 aliphatic heterocycles. The number of H-pyrrole nitrogens is 2. The summed E-state index contributed by atoms with van der Waals surface area (Å²) in [6.45, 7) is 1.14. The summed E-state index contributed by atoms with van der Waals surface area (Å²) in [5.41, 5.74) is -2.14. The van der Waals surface area contributed by atoms with Crippen molar-refractivity contribution in [3.8, 4) is 0 Å². The number of aliphatic hydroxyl groups is 5. The number of aromatic amines is 2. The van der Waals surface area contributed by atoms with Crippen LogP contribution in [0.2, 0.25) is 0 Å². The summed E-state index contributed by atoms with van der Waals surface area (Å²) in [6.07, 6.45) is -1.84. The minimum atomic E-state index is -0.878. The number of ether oxygens (including phenoxy) is 3. The molecule has 0 bridgehead atoms. The van der Waals surface area contributed by atoms with E-state index in [1.807, 2.05) is 0 Å². The summed E-state index contributed by atoms with van der Waals surface area (Å²) < 4.78 is 18.1. The Morgan fingerprint density at radius 2 is 1.29 bits per heavy atom. The quantitative estimate of drug-likeness (QED) is 0.115. The molecule has 2 unspecified atom stereocenters. The Kier molecular flexibility index (Phi) is 16.6. The van der Waals surface area contributed by atoms with Crippen LogP contribution in [0.15, 0.2) is 31.6 Å². The first kappa shape index (κ1) is 38.7. The average Bonchev–Trinajstić information content (AvgIpc) is 3.45. The number of aromatic nitrogens is 4. The van der Waals surface area contributed by atoms with Crippen LogP contribution in [0.25, 0.3) is 0 Å². The van der Waals surface area contributed by atoms with Crippen molar-refractivity contribution >= 4 is 0 Å². The molecule has 6 atom stereocenters. The topological polar surface area (TPSA) is 239 Å². The van der Waals surface area contributed by atoms with Crippen molar-refractivity contribution in [3.63, 3.8) is 0 Å². The van der Waals surface area contributed by atoms with Gasteiger partial charge in [-0.05, 0) is 6.92 Å². The third-order valence-electron chi connectivity index (χ3n) is 6.10. The Labute approximate surface area is 250 Å². The van der Waals surface area contributed by atoms with Crippen molar-refractivity contribution in [1.82, 2.24) is 19.1 Å². The van der Waals surface area contributed by atoms with Crippen LogP contribution in [-0.4, -0.2) is 88.9 Å². The maximum absolute atomic E-state index is 11.8. The molecule has 2 fully saturated rings. The Hall–Kier alpha value is -2.30. The molecule has 4 heterocycles. The monoisotopic (exact) mass is 683 g/mol. The van der Waals surface area contributed by atoms with Crippen LogP contribution in [-0.2, 0) is 47.8 Å². The predicted molar refractivity (Wildman–Crippen MR) is 142 cm³/mol. The standard InChI is InChI=1S/C12H18N2O6.C10H14N2O6.CH4.CH3.Pd.H2/c1-2-19-6-7-4-14(12(18)13-11(7)17)10-3-8(16)9(5-15)20-10;13-3-5-2-12(10(17)11-9(5)16)8-1-6(15)7(4-14)18-8;;;;/h4,8-10,15-16H,2-3,5-6H2,1H3,(H,13,17,18);2,6-8,13-15H,1,3-4H2,(H,11,16,17);1H4;1H3;;1H/q;;;-1;;/t8-,9+,10?;6-,7+,8?;;;;/m11..../s1. The predicted octanol–water partition coefficient (Wildman–Crippen LogP) is -2.29. The van der Waals surface area contributed by atoms with Crippen molar-refractivity contribution in [3.05, 3.63) is 72.6 Å². The molecule has 0 aliphatic carbocycles. The van der Waals surface area contributed by atoms with Crippen LogP contribution in [0.5, 0.6) is 0 Å². The maximum Gasteiger partial charge on any atom is 0.330 e. The first-order chi connectivity index (χ1) is 18.1. The van der Waals surface area contributed by atoms with E-state index in [9.17, 15) is 29.4 Å². The molecule has 2 aliphatic rings. The molecule has 2 saturated heterocycles. The Morgan fingerprint density at radius 3 is 1.66 bits per heavy atom.